The van der Waals surface area contributed by atoms with Gasteiger partial charge in [-0.05, 0) is 0 Å². The van der Waals surface area contributed by atoms with Crippen molar-refractivity contribution in [2.45, 2.75) is 13.8 Å². The third-order valence-corrected chi connectivity index (χ3v) is 0.111. The van der Waals surface area contributed by atoms with E-state index in [4.69, 9.17) is 13.2 Å². The zero-order chi connectivity index (χ0) is 5.41. The number of allylic oxidation sites excluding steroid dienone is 2. The van der Waals surface area contributed by atoms with E-state index in [2.05, 4.69) is 0 Å². The molecule has 1 heteroatoms. The van der Waals surface area contributed by atoms with Crippen LogP contribution < -0.4 is 0 Å². The molecule has 0 heterocycles. The standard InChI is InChI=1S/C4H4.C2H6.W/c1-3-4-2;1-2;/h1-4H;1-2H3;/q-2;;+2. The van der Waals surface area contributed by atoms with Gasteiger partial charge in [0.1, 0.15) is 0 Å². The molecule has 0 aromatic heterocycles. The second-order valence-corrected chi connectivity index (χ2v) is 0.385. The third kappa shape index (κ3) is 78.5. The summed E-state index contributed by atoms with van der Waals surface area (Å²) in [7, 11) is 0. The van der Waals surface area contributed by atoms with Gasteiger partial charge in [-0.25, -0.2) is 0 Å². The van der Waals surface area contributed by atoms with E-state index in [0.29, 0.717) is 0 Å². The molecule has 0 spiro atoms. The fraction of sp³-hybridized carbons (Fsp3) is 0.333. The van der Waals surface area contributed by atoms with Crippen molar-refractivity contribution >= 4 is 0 Å². The normalized spacial score (nSPS) is 3.71. The summed E-state index contributed by atoms with van der Waals surface area (Å²) in [4.78, 5) is 0. The van der Waals surface area contributed by atoms with Crippen molar-refractivity contribution in [2.75, 3.05) is 0 Å². The van der Waals surface area contributed by atoms with Crippen molar-refractivity contribution in [3.8, 4) is 0 Å². The van der Waals surface area contributed by atoms with Gasteiger partial charge in [0.15, 0.2) is 0 Å². The molecule has 0 aliphatic carbocycles. The minimum absolute atomic E-state index is 0. The van der Waals surface area contributed by atoms with Crippen molar-refractivity contribution in [1.29, 1.82) is 0 Å². The Hall–Kier alpha value is 0.168. The first-order valence-electron chi connectivity index (χ1n) is 2.00. The van der Waals surface area contributed by atoms with Crippen molar-refractivity contribution in [1.82, 2.24) is 0 Å². The van der Waals surface area contributed by atoms with Gasteiger partial charge in [-0.3, -0.25) is 0 Å². The van der Waals surface area contributed by atoms with E-state index in [1.165, 1.54) is 12.2 Å². The summed E-state index contributed by atoms with van der Waals surface area (Å²) in [6.45, 7) is 13.4. The predicted molar refractivity (Wildman–Crippen MR) is 29.1 cm³/mol. The first kappa shape index (κ1) is 15.7. The van der Waals surface area contributed by atoms with E-state index < -0.39 is 0 Å². The molecule has 0 radical (unpaired) electrons. The minimum Gasteiger partial charge on any atom is -0.394 e. The van der Waals surface area contributed by atoms with Crippen LogP contribution in [-0.4, -0.2) is 0 Å². The van der Waals surface area contributed by atoms with Crippen LogP contribution in [0.15, 0.2) is 12.2 Å². The van der Waals surface area contributed by atoms with Gasteiger partial charge in [0.05, 0.1) is 0 Å². The molecule has 0 bridgehead atoms. The SMILES string of the molecule is CC.[CH-]=CC=[CH-].[W+2]. The molecule has 7 heavy (non-hydrogen) atoms. The molecular formula is C6H10W. The van der Waals surface area contributed by atoms with Gasteiger partial charge in [0.25, 0.3) is 0 Å². The molecule has 0 atom stereocenters. The largest absolute Gasteiger partial charge is 2.00 e. The van der Waals surface area contributed by atoms with E-state index in [1.54, 1.807) is 0 Å². The molecule has 0 nitrogen and oxygen atoms in total. The van der Waals surface area contributed by atoms with Crippen molar-refractivity contribution in [3.05, 3.63) is 25.3 Å². The fourth-order valence-electron chi connectivity index (χ4n) is 0. The average Bonchev–Trinajstić information content (AvgIpc) is 1.72. The van der Waals surface area contributed by atoms with E-state index in [9.17, 15) is 0 Å². The maximum Gasteiger partial charge on any atom is 2.00 e. The molecule has 0 saturated heterocycles. The average molecular weight is 266 g/mol. The van der Waals surface area contributed by atoms with E-state index >= 15 is 0 Å². The third-order valence-electron chi connectivity index (χ3n) is 0.111. The number of hydrogen-bond acceptors (Lipinski definition) is 0. The van der Waals surface area contributed by atoms with Gasteiger partial charge in [0, 0.05) is 0 Å². The van der Waals surface area contributed by atoms with Crippen LogP contribution in [0.1, 0.15) is 13.8 Å². The van der Waals surface area contributed by atoms with Gasteiger partial charge in [-0.15, -0.1) is 0 Å². The number of hydrogen-bond donors (Lipinski definition) is 0. The fourth-order valence-corrected chi connectivity index (χ4v) is 0. The molecular weight excluding hydrogens is 256 g/mol. The molecule has 0 amide bonds. The summed E-state index contributed by atoms with van der Waals surface area (Å²) in [5.41, 5.74) is 0. The molecule has 0 saturated carbocycles. The zero-order valence-corrected chi connectivity index (χ0v) is 7.65. The van der Waals surface area contributed by atoms with Gasteiger partial charge < -0.3 is 25.3 Å². The topological polar surface area (TPSA) is 0 Å². The summed E-state index contributed by atoms with van der Waals surface area (Å²) in [6.07, 6.45) is 2.56. The van der Waals surface area contributed by atoms with Gasteiger partial charge in [-0.1, -0.05) is 13.8 Å². The van der Waals surface area contributed by atoms with Crippen LogP contribution in [-0.2, 0) is 21.1 Å². The van der Waals surface area contributed by atoms with Gasteiger partial charge in [0.2, 0.25) is 0 Å². The van der Waals surface area contributed by atoms with Crippen molar-refractivity contribution in [3.63, 3.8) is 0 Å². The molecule has 0 aliphatic heterocycles. The van der Waals surface area contributed by atoms with Gasteiger partial charge in [-0.2, -0.15) is 0 Å². The Bertz CT molecular complexity index is 25.2. The zero-order valence-electron chi connectivity index (χ0n) is 4.72. The maximum atomic E-state index is 4.72. The Labute approximate surface area is 60.6 Å². The van der Waals surface area contributed by atoms with Crippen LogP contribution in [0.25, 0.3) is 0 Å². The molecule has 40 valence electrons. The second-order valence-electron chi connectivity index (χ2n) is 0.385. The smallest absolute Gasteiger partial charge is 0.394 e. The van der Waals surface area contributed by atoms with Crippen LogP contribution in [0.5, 0.6) is 0 Å². The molecule has 0 unspecified atom stereocenters. The van der Waals surface area contributed by atoms with E-state index in [0.717, 1.165) is 0 Å². The molecule has 0 aromatic carbocycles. The summed E-state index contributed by atoms with van der Waals surface area (Å²) < 4.78 is 0. The van der Waals surface area contributed by atoms with Gasteiger partial charge >= 0.3 is 21.1 Å². The Morgan fingerprint density at radius 2 is 1.14 bits per heavy atom. The second kappa shape index (κ2) is 35.0. The Balaban J connectivity index is -0.0000000480. The number of rotatable bonds is 1. The first-order valence-corrected chi connectivity index (χ1v) is 2.00. The molecule has 0 N–H and O–H groups in total. The first-order chi connectivity index (χ1) is 2.91. The monoisotopic (exact) mass is 266 g/mol. The molecule has 0 aromatic rings. The van der Waals surface area contributed by atoms with Crippen LogP contribution in [0, 0.1) is 13.2 Å². The molecule has 0 rings (SSSR count). The predicted octanol–water partition coefficient (Wildman–Crippen LogP) is 1.99. The summed E-state index contributed by atoms with van der Waals surface area (Å²) >= 11 is 0. The minimum atomic E-state index is 0. The van der Waals surface area contributed by atoms with Crippen molar-refractivity contribution in [2.24, 2.45) is 0 Å². The summed E-state index contributed by atoms with van der Waals surface area (Å²) in [5.74, 6) is 0. The summed E-state index contributed by atoms with van der Waals surface area (Å²) in [6, 6.07) is 0. The van der Waals surface area contributed by atoms with E-state index in [1.807, 2.05) is 13.8 Å². The molecule has 0 fully saturated rings. The van der Waals surface area contributed by atoms with Crippen LogP contribution >= 0.6 is 0 Å². The Kier molecular flexibility index (Phi) is 78.6. The maximum absolute atomic E-state index is 4.72. The van der Waals surface area contributed by atoms with Crippen LogP contribution in [0.3, 0.4) is 0 Å². The summed E-state index contributed by atoms with van der Waals surface area (Å²) in [5, 5.41) is 0. The van der Waals surface area contributed by atoms with Crippen LogP contribution in [0.2, 0.25) is 0 Å². The van der Waals surface area contributed by atoms with E-state index in [-0.39, 0.29) is 21.1 Å². The molecule has 0 aliphatic rings. The Morgan fingerprint density at radius 1 is 1.00 bits per heavy atom. The van der Waals surface area contributed by atoms with Crippen LogP contribution in [0.4, 0.5) is 0 Å². The quantitative estimate of drug-likeness (QED) is 0.503. The Morgan fingerprint density at radius 3 is 1.14 bits per heavy atom. The van der Waals surface area contributed by atoms with Crippen molar-refractivity contribution < 1.29 is 21.1 Å².